The van der Waals surface area contributed by atoms with E-state index in [9.17, 15) is 18.6 Å². The van der Waals surface area contributed by atoms with Gasteiger partial charge in [-0.3, -0.25) is 14.6 Å². The predicted molar refractivity (Wildman–Crippen MR) is 169 cm³/mol. The summed E-state index contributed by atoms with van der Waals surface area (Å²) in [5.41, 5.74) is 1.94. The fourth-order valence-electron chi connectivity index (χ4n) is 6.42. The van der Waals surface area contributed by atoms with E-state index < -0.39 is 34.2 Å². The van der Waals surface area contributed by atoms with Crippen LogP contribution < -0.4 is 15.5 Å². The van der Waals surface area contributed by atoms with Crippen molar-refractivity contribution in [2.75, 3.05) is 24.6 Å². The molecule has 1 saturated carbocycles. The summed E-state index contributed by atoms with van der Waals surface area (Å²) in [6.45, 7) is 12.9. The maximum absolute atomic E-state index is 13.2. The van der Waals surface area contributed by atoms with E-state index in [2.05, 4.69) is 17.6 Å². The Morgan fingerprint density at radius 3 is 2.30 bits per heavy atom. The maximum atomic E-state index is 13.2. The minimum atomic E-state index is -1.37. The molecule has 1 spiro atoms. The Morgan fingerprint density at radius 2 is 1.70 bits per heavy atom. The number of hydrogen-bond acceptors (Lipinski definition) is 6. The second kappa shape index (κ2) is 12.2. The van der Waals surface area contributed by atoms with Crippen LogP contribution in [-0.4, -0.2) is 69.1 Å². The van der Waals surface area contributed by atoms with Gasteiger partial charge in [0.2, 0.25) is 0 Å². The number of imide groups is 1. The van der Waals surface area contributed by atoms with Gasteiger partial charge in [0.1, 0.15) is 28.4 Å². The van der Waals surface area contributed by atoms with Crippen LogP contribution in [0.2, 0.25) is 0 Å². The second-order valence-corrected chi connectivity index (χ2v) is 14.9. The predicted octanol–water partition coefficient (Wildman–Crippen LogP) is 4.37. The average Bonchev–Trinajstić information content (AvgIpc) is 3.41. The van der Waals surface area contributed by atoms with E-state index in [1.165, 1.54) is 12.8 Å². The first-order valence-electron chi connectivity index (χ1n) is 15.4. The van der Waals surface area contributed by atoms with Crippen LogP contribution in [0.5, 0.6) is 0 Å². The summed E-state index contributed by atoms with van der Waals surface area (Å²) < 4.78 is 20.9. The van der Waals surface area contributed by atoms with Crippen LogP contribution >= 0.6 is 0 Å². The lowest BCUT2D eigenvalue weighted by molar-refractivity contribution is -0.125. The molecule has 1 aromatic rings. The number of nitrogens with zero attached hydrogens (tertiary/aromatic N) is 3. The summed E-state index contributed by atoms with van der Waals surface area (Å²) in [4.78, 5) is 44.8. The summed E-state index contributed by atoms with van der Waals surface area (Å²) in [5, 5.41) is 7.48. The van der Waals surface area contributed by atoms with Crippen molar-refractivity contribution in [3.8, 4) is 0 Å². The fourth-order valence-corrected chi connectivity index (χ4v) is 7.39. The first-order chi connectivity index (χ1) is 20.3. The Bertz CT molecular complexity index is 1340. The summed E-state index contributed by atoms with van der Waals surface area (Å²) in [7, 11) is -1.37. The zero-order valence-corrected chi connectivity index (χ0v) is 27.0. The van der Waals surface area contributed by atoms with Crippen molar-refractivity contribution in [1.29, 1.82) is 0 Å². The molecule has 0 bridgehead atoms. The number of ether oxygens (including phenoxy) is 1. The molecule has 3 heterocycles. The van der Waals surface area contributed by atoms with Crippen LogP contribution in [0.3, 0.4) is 0 Å². The van der Waals surface area contributed by atoms with Crippen LogP contribution in [0.1, 0.15) is 82.9 Å². The number of anilines is 1. The summed E-state index contributed by atoms with van der Waals surface area (Å²) >= 11 is 0. The number of hydrogen-bond donors (Lipinski definition) is 2. The average molecular weight is 612 g/mol. The third-order valence-corrected chi connectivity index (χ3v) is 10.3. The number of amidine groups is 1. The van der Waals surface area contributed by atoms with Crippen LogP contribution in [0, 0.1) is 25.7 Å². The minimum absolute atomic E-state index is 0.00773. The normalized spacial score (nSPS) is 27.1. The topological polar surface area (TPSA) is 120 Å². The molecule has 43 heavy (non-hydrogen) atoms. The highest BCUT2D eigenvalue weighted by molar-refractivity contribution is 7.85. The smallest absolute Gasteiger partial charge is 0.329 e. The maximum Gasteiger partial charge on any atom is 0.329 e. The van der Waals surface area contributed by atoms with Crippen molar-refractivity contribution in [1.82, 2.24) is 14.9 Å². The van der Waals surface area contributed by atoms with E-state index in [4.69, 9.17) is 9.73 Å². The molecular weight excluding hydrogens is 566 g/mol. The van der Waals surface area contributed by atoms with Crippen molar-refractivity contribution >= 4 is 46.4 Å². The van der Waals surface area contributed by atoms with Gasteiger partial charge in [-0.2, -0.15) is 0 Å². The Balaban J connectivity index is 1.21. The first kappa shape index (κ1) is 31.5. The fraction of sp³-hybridized carbons (Fsp3) is 0.625. The number of nitrogens with one attached hydrogen (secondary N) is 2. The quantitative estimate of drug-likeness (QED) is 0.444. The number of carbonyl (C=O) groups excluding carboxylic acids is 3. The van der Waals surface area contributed by atoms with Gasteiger partial charge in [-0.15, -0.1) is 0 Å². The van der Waals surface area contributed by atoms with E-state index in [1.807, 2.05) is 45.0 Å². The Morgan fingerprint density at radius 1 is 1.07 bits per heavy atom. The number of piperidine rings is 1. The molecule has 4 aliphatic rings. The van der Waals surface area contributed by atoms with Gasteiger partial charge >= 0.3 is 6.03 Å². The van der Waals surface area contributed by atoms with E-state index in [-0.39, 0.29) is 18.4 Å². The lowest BCUT2D eigenvalue weighted by Crippen LogP contribution is -2.49. The number of carbonyl (C=O) groups is 3. The molecule has 4 amide bonds. The number of rotatable bonds is 7. The van der Waals surface area contributed by atoms with E-state index in [0.29, 0.717) is 37.5 Å². The Labute approximate surface area is 257 Å². The lowest BCUT2D eigenvalue weighted by Gasteiger charge is -2.34. The van der Waals surface area contributed by atoms with Gasteiger partial charge in [-0.25, -0.2) is 18.2 Å². The summed E-state index contributed by atoms with van der Waals surface area (Å²) in [6, 6.07) is 2.39. The third kappa shape index (κ3) is 6.78. The van der Waals surface area contributed by atoms with Gasteiger partial charge in [-0.1, -0.05) is 19.8 Å². The van der Waals surface area contributed by atoms with E-state index in [1.54, 1.807) is 17.5 Å². The van der Waals surface area contributed by atoms with Crippen LogP contribution in [-0.2, 0) is 25.3 Å². The minimum Gasteiger partial charge on any atom is -0.373 e. The zero-order valence-electron chi connectivity index (χ0n) is 26.2. The lowest BCUT2D eigenvalue weighted by atomic mass is 9.82. The summed E-state index contributed by atoms with van der Waals surface area (Å²) in [5.74, 6) is 1.59. The molecule has 5 rings (SSSR count). The van der Waals surface area contributed by atoms with Crippen molar-refractivity contribution in [3.05, 3.63) is 34.2 Å². The molecule has 10 nitrogen and oxygen atoms in total. The first-order valence-corrected chi connectivity index (χ1v) is 16.6. The zero-order chi connectivity index (χ0) is 31.1. The third-order valence-electron chi connectivity index (χ3n) is 9.10. The number of benzene rings is 1. The molecule has 2 unspecified atom stereocenters. The molecule has 2 N–H and O–H groups in total. The van der Waals surface area contributed by atoms with Crippen molar-refractivity contribution in [2.24, 2.45) is 16.8 Å². The number of aryl methyl sites for hydroxylation is 2. The SMILES string of the molecule is Cc1cc(N2C(=O)NC(COC(C)(C)C)C2=O)cc(C)c1/C=C/S(=O)N1CCC2(CC1)N=C(C1CCC(C)CC1)NC2=O. The highest BCUT2D eigenvalue weighted by Crippen LogP contribution is 2.36. The number of amides is 4. The molecule has 1 aliphatic carbocycles. The van der Waals surface area contributed by atoms with Gasteiger partial charge < -0.3 is 15.4 Å². The number of aliphatic imine (C=N–C) groups is 1. The van der Waals surface area contributed by atoms with Gasteiger partial charge in [0.05, 0.1) is 17.9 Å². The monoisotopic (exact) mass is 611 g/mol. The molecule has 1 aromatic carbocycles. The Hall–Kier alpha value is -2.89. The van der Waals surface area contributed by atoms with Crippen LogP contribution in [0.15, 0.2) is 22.5 Å². The van der Waals surface area contributed by atoms with Crippen LogP contribution in [0.4, 0.5) is 10.5 Å². The molecule has 0 aromatic heterocycles. The Kier molecular flexibility index (Phi) is 8.98. The molecule has 0 radical (unpaired) electrons. The highest BCUT2D eigenvalue weighted by atomic mass is 32.2. The highest BCUT2D eigenvalue weighted by Gasteiger charge is 2.47. The molecule has 3 aliphatic heterocycles. The molecular formula is C32H45N5O5S. The molecule has 2 saturated heterocycles. The van der Waals surface area contributed by atoms with Crippen molar-refractivity contribution < 1.29 is 23.3 Å². The van der Waals surface area contributed by atoms with Gasteiger partial charge in [0.25, 0.3) is 11.8 Å². The van der Waals surface area contributed by atoms with Gasteiger partial charge in [-0.05, 0) is 101 Å². The van der Waals surface area contributed by atoms with Gasteiger partial charge in [0.15, 0.2) is 0 Å². The molecule has 11 heteroatoms. The summed E-state index contributed by atoms with van der Waals surface area (Å²) in [6.07, 6.45) is 7.43. The molecule has 3 fully saturated rings. The number of urea groups is 1. The second-order valence-electron chi connectivity index (χ2n) is 13.5. The van der Waals surface area contributed by atoms with Crippen molar-refractivity contribution in [3.63, 3.8) is 0 Å². The van der Waals surface area contributed by atoms with E-state index in [0.717, 1.165) is 46.2 Å². The van der Waals surface area contributed by atoms with Crippen LogP contribution in [0.25, 0.3) is 6.08 Å². The molecule has 234 valence electrons. The largest absolute Gasteiger partial charge is 0.373 e. The van der Waals surface area contributed by atoms with Crippen molar-refractivity contribution in [2.45, 2.75) is 97.2 Å². The molecule has 2 atom stereocenters. The standard InChI is InChI=1S/C32H45N5O5S/c1-20-7-9-23(10-8-20)27-34-29(39)32(35-27)12-14-36(15-13-32)43(41)16-11-25-21(2)17-24(18-22(25)3)37-28(38)26(33-30(37)40)19-42-31(4,5)6/h11,16-18,20,23,26H,7-10,12-15,19H2,1-6H3,(H,33,40)(H,34,35,39)/b16-11+. The van der Waals surface area contributed by atoms with E-state index >= 15 is 0 Å². The van der Waals surface area contributed by atoms with Gasteiger partial charge in [0, 0.05) is 24.4 Å².